The van der Waals surface area contributed by atoms with Gasteiger partial charge in [0.15, 0.2) is 0 Å². The summed E-state index contributed by atoms with van der Waals surface area (Å²) in [5.74, 6) is -3.23. The number of hydrogen-bond acceptors (Lipinski definition) is 2. The average molecular weight is 300 g/mol. The number of carboxylic acids is 2. The molecular weight excluding hydrogens is 268 g/mol. The van der Waals surface area contributed by atoms with Gasteiger partial charge < -0.3 is 10.2 Å². The highest BCUT2D eigenvalue weighted by molar-refractivity contribution is 5.79. The predicted octanol–water partition coefficient (Wildman–Crippen LogP) is 4.29. The fourth-order valence-corrected chi connectivity index (χ4v) is 3.47. The molecule has 0 fully saturated rings. The Morgan fingerprint density at radius 1 is 0.857 bits per heavy atom. The molecule has 0 amide bonds. The maximum absolute atomic E-state index is 11.3. The van der Waals surface area contributed by atoms with Gasteiger partial charge in [-0.25, -0.2) is 0 Å². The molecular formula is C17H32O4. The fraction of sp³-hybridized carbons (Fsp3) is 0.882. The molecule has 0 spiro atoms. The van der Waals surface area contributed by atoms with Crippen LogP contribution < -0.4 is 0 Å². The van der Waals surface area contributed by atoms with Crippen molar-refractivity contribution in [3.8, 4) is 0 Å². The molecule has 0 aromatic heterocycles. The molecule has 0 aliphatic heterocycles. The van der Waals surface area contributed by atoms with Crippen LogP contribution in [-0.4, -0.2) is 22.2 Å². The number of aliphatic carboxylic acids is 2. The minimum Gasteiger partial charge on any atom is -0.481 e. The standard InChI is InChI=1S/C17H32O4/c1-11(14(18)19)12(15(20)21)9-8-10-13(16(2,3)4)17(5,6)7/h11-13H,8-10H2,1-7H3,(H,18,19)(H,20,21). The van der Waals surface area contributed by atoms with Gasteiger partial charge in [-0.1, -0.05) is 54.9 Å². The topological polar surface area (TPSA) is 74.6 Å². The molecule has 0 aromatic carbocycles. The molecule has 0 saturated carbocycles. The van der Waals surface area contributed by atoms with E-state index in [-0.39, 0.29) is 10.8 Å². The first kappa shape index (κ1) is 19.9. The summed E-state index contributed by atoms with van der Waals surface area (Å²) in [6.45, 7) is 14.7. The highest BCUT2D eigenvalue weighted by atomic mass is 16.4. The van der Waals surface area contributed by atoms with E-state index >= 15 is 0 Å². The smallest absolute Gasteiger partial charge is 0.307 e. The van der Waals surface area contributed by atoms with E-state index in [0.717, 1.165) is 12.8 Å². The van der Waals surface area contributed by atoms with E-state index in [1.165, 1.54) is 6.92 Å². The summed E-state index contributed by atoms with van der Waals surface area (Å²) < 4.78 is 0. The molecule has 0 aliphatic carbocycles. The third-order valence-electron chi connectivity index (χ3n) is 4.41. The largest absolute Gasteiger partial charge is 0.481 e. The van der Waals surface area contributed by atoms with E-state index in [1.54, 1.807) is 0 Å². The first-order chi connectivity index (χ1) is 9.28. The average Bonchev–Trinajstić information content (AvgIpc) is 2.23. The van der Waals surface area contributed by atoms with Gasteiger partial charge in [-0.3, -0.25) is 9.59 Å². The summed E-state index contributed by atoms with van der Waals surface area (Å²) >= 11 is 0. The minimum atomic E-state index is -1.04. The second-order valence-corrected chi connectivity index (χ2v) is 8.29. The van der Waals surface area contributed by atoms with Gasteiger partial charge in [0.1, 0.15) is 0 Å². The molecule has 0 saturated heterocycles. The molecule has 4 nitrogen and oxygen atoms in total. The van der Waals surface area contributed by atoms with Gasteiger partial charge >= 0.3 is 11.9 Å². The molecule has 2 unspecified atom stereocenters. The van der Waals surface area contributed by atoms with Crippen LogP contribution in [0.3, 0.4) is 0 Å². The molecule has 2 atom stereocenters. The Kier molecular flexibility index (Phi) is 6.91. The lowest BCUT2D eigenvalue weighted by Gasteiger charge is -2.41. The predicted molar refractivity (Wildman–Crippen MR) is 84.2 cm³/mol. The molecule has 0 radical (unpaired) electrons. The van der Waals surface area contributed by atoms with Crippen LogP contribution in [0.4, 0.5) is 0 Å². The summed E-state index contributed by atoms with van der Waals surface area (Å²) in [7, 11) is 0. The van der Waals surface area contributed by atoms with Crippen molar-refractivity contribution < 1.29 is 19.8 Å². The lowest BCUT2D eigenvalue weighted by Crippen LogP contribution is -2.33. The van der Waals surface area contributed by atoms with Crippen molar-refractivity contribution in [2.24, 2.45) is 28.6 Å². The molecule has 0 bridgehead atoms. The Bertz CT molecular complexity index is 346. The normalized spacial score (nSPS) is 15.8. The molecule has 21 heavy (non-hydrogen) atoms. The van der Waals surface area contributed by atoms with Crippen molar-refractivity contribution in [2.75, 3.05) is 0 Å². The van der Waals surface area contributed by atoms with Crippen molar-refractivity contribution in [2.45, 2.75) is 67.7 Å². The van der Waals surface area contributed by atoms with Crippen molar-refractivity contribution in [1.29, 1.82) is 0 Å². The highest BCUT2D eigenvalue weighted by Gasteiger charge is 2.35. The zero-order chi connectivity index (χ0) is 17.0. The van der Waals surface area contributed by atoms with Crippen molar-refractivity contribution in [3.63, 3.8) is 0 Å². The Labute approximate surface area is 128 Å². The number of hydrogen-bond donors (Lipinski definition) is 2. The van der Waals surface area contributed by atoms with Crippen molar-refractivity contribution in [1.82, 2.24) is 0 Å². The van der Waals surface area contributed by atoms with E-state index in [4.69, 9.17) is 5.11 Å². The van der Waals surface area contributed by atoms with Crippen LogP contribution in [0.2, 0.25) is 0 Å². The first-order valence-corrected chi connectivity index (χ1v) is 7.74. The second kappa shape index (κ2) is 7.28. The van der Waals surface area contributed by atoms with Crippen LogP contribution in [0.25, 0.3) is 0 Å². The van der Waals surface area contributed by atoms with Crippen LogP contribution in [0.15, 0.2) is 0 Å². The van der Waals surface area contributed by atoms with Gasteiger partial charge in [0, 0.05) is 0 Å². The number of carbonyl (C=O) groups is 2. The van der Waals surface area contributed by atoms with Crippen LogP contribution in [0, 0.1) is 28.6 Å². The van der Waals surface area contributed by atoms with Gasteiger partial charge in [0.25, 0.3) is 0 Å². The summed E-state index contributed by atoms with van der Waals surface area (Å²) in [5.41, 5.74) is 0.296. The molecule has 0 rings (SSSR count). The van der Waals surface area contributed by atoms with Gasteiger partial charge in [-0.05, 0) is 29.6 Å². The molecule has 0 aromatic rings. The maximum atomic E-state index is 11.3. The number of rotatable bonds is 7. The lowest BCUT2D eigenvalue weighted by atomic mass is 9.64. The van der Waals surface area contributed by atoms with Crippen molar-refractivity contribution in [3.05, 3.63) is 0 Å². The van der Waals surface area contributed by atoms with E-state index in [1.807, 2.05) is 0 Å². The zero-order valence-corrected chi connectivity index (χ0v) is 14.6. The van der Waals surface area contributed by atoms with Crippen LogP contribution in [0.1, 0.15) is 67.7 Å². The van der Waals surface area contributed by atoms with Gasteiger partial charge in [0.05, 0.1) is 11.8 Å². The van der Waals surface area contributed by atoms with Gasteiger partial charge in [0.2, 0.25) is 0 Å². The summed E-state index contributed by atoms with van der Waals surface area (Å²) in [5, 5.41) is 18.2. The molecule has 0 heterocycles. The minimum absolute atomic E-state index is 0.148. The van der Waals surface area contributed by atoms with Crippen LogP contribution in [0.5, 0.6) is 0 Å². The lowest BCUT2D eigenvalue weighted by molar-refractivity contribution is -0.153. The Balaban J connectivity index is 4.75. The first-order valence-electron chi connectivity index (χ1n) is 7.74. The Morgan fingerprint density at radius 3 is 1.57 bits per heavy atom. The Morgan fingerprint density at radius 2 is 1.29 bits per heavy atom. The van der Waals surface area contributed by atoms with Gasteiger partial charge in [-0.15, -0.1) is 0 Å². The Hall–Kier alpha value is -1.06. The van der Waals surface area contributed by atoms with E-state index in [9.17, 15) is 14.7 Å². The van der Waals surface area contributed by atoms with E-state index < -0.39 is 23.8 Å². The van der Waals surface area contributed by atoms with Crippen LogP contribution in [-0.2, 0) is 9.59 Å². The number of carboxylic acid groups (broad SMARTS) is 2. The van der Waals surface area contributed by atoms with E-state index in [2.05, 4.69) is 41.5 Å². The SMILES string of the molecule is CC(C(=O)O)C(CCCC(C(C)(C)C)C(C)(C)C)C(=O)O. The summed E-state index contributed by atoms with van der Waals surface area (Å²) in [6, 6.07) is 0. The van der Waals surface area contributed by atoms with Crippen LogP contribution >= 0.6 is 0 Å². The van der Waals surface area contributed by atoms with Crippen molar-refractivity contribution >= 4 is 11.9 Å². The third-order valence-corrected chi connectivity index (χ3v) is 4.41. The monoisotopic (exact) mass is 300 g/mol. The summed E-state index contributed by atoms with van der Waals surface area (Å²) in [6.07, 6.45) is 2.09. The molecule has 0 aliphatic rings. The summed E-state index contributed by atoms with van der Waals surface area (Å²) in [4.78, 5) is 22.2. The molecule has 4 heteroatoms. The highest BCUT2D eigenvalue weighted by Crippen LogP contribution is 2.43. The fourth-order valence-electron chi connectivity index (χ4n) is 3.47. The van der Waals surface area contributed by atoms with Gasteiger partial charge in [-0.2, -0.15) is 0 Å². The molecule has 124 valence electrons. The zero-order valence-electron chi connectivity index (χ0n) is 14.6. The quantitative estimate of drug-likeness (QED) is 0.735. The third kappa shape index (κ3) is 6.49. The molecule has 2 N–H and O–H groups in total. The second-order valence-electron chi connectivity index (χ2n) is 8.29. The van der Waals surface area contributed by atoms with E-state index in [0.29, 0.717) is 12.3 Å². The maximum Gasteiger partial charge on any atom is 0.307 e.